The number of nitrogens with zero attached hydrogens (tertiary/aromatic N) is 3. The lowest BCUT2D eigenvalue weighted by Gasteiger charge is -2.27. The van der Waals surface area contributed by atoms with Crippen LogP contribution in [0.2, 0.25) is 0 Å². The minimum Gasteiger partial charge on any atom is -0.478 e. The van der Waals surface area contributed by atoms with Gasteiger partial charge in [0.25, 0.3) is 0 Å². The molecule has 0 bridgehead atoms. The monoisotopic (exact) mass is 273 g/mol. The second-order valence-electron chi connectivity index (χ2n) is 5.60. The summed E-state index contributed by atoms with van der Waals surface area (Å²) in [5.74, 6) is -0.118. The maximum absolute atomic E-state index is 11.2. The maximum Gasteiger partial charge on any atom is 0.338 e. The van der Waals surface area contributed by atoms with Crippen molar-refractivity contribution in [3.63, 3.8) is 0 Å². The molecule has 106 valence electrons. The number of hydrogen-bond donors (Lipinski definition) is 1. The third kappa shape index (κ3) is 2.17. The van der Waals surface area contributed by atoms with Gasteiger partial charge in [0.05, 0.1) is 17.1 Å². The molecule has 0 unspecified atom stereocenters. The van der Waals surface area contributed by atoms with Gasteiger partial charge in [-0.1, -0.05) is 24.6 Å². The number of aromatic nitrogens is 3. The van der Waals surface area contributed by atoms with E-state index in [0.29, 0.717) is 11.6 Å². The Hall–Kier alpha value is -1.91. The Bertz CT molecular complexity index is 627. The van der Waals surface area contributed by atoms with E-state index in [1.54, 1.807) is 12.1 Å². The van der Waals surface area contributed by atoms with Crippen LogP contribution >= 0.6 is 0 Å². The van der Waals surface area contributed by atoms with Crippen molar-refractivity contribution >= 4 is 17.0 Å². The molecular weight excluding hydrogens is 254 g/mol. The highest BCUT2D eigenvalue weighted by molar-refractivity contribution is 6.00. The second kappa shape index (κ2) is 5.23. The van der Waals surface area contributed by atoms with Gasteiger partial charge in [-0.25, -0.2) is 9.48 Å². The second-order valence-corrected chi connectivity index (χ2v) is 5.60. The van der Waals surface area contributed by atoms with Crippen molar-refractivity contribution in [1.29, 1.82) is 0 Å². The van der Waals surface area contributed by atoms with Crippen molar-refractivity contribution in [3.05, 3.63) is 23.8 Å². The first-order chi connectivity index (χ1) is 9.70. The summed E-state index contributed by atoms with van der Waals surface area (Å²) in [6.45, 7) is 2.25. The maximum atomic E-state index is 11.2. The van der Waals surface area contributed by atoms with Gasteiger partial charge in [-0.2, -0.15) is 0 Å². The fraction of sp³-hybridized carbons (Fsp3) is 0.533. The molecule has 5 nitrogen and oxygen atoms in total. The Balaban J connectivity index is 1.94. The predicted molar refractivity (Wildman–Crippen MR) is 75.8 cm³/mol. The molecule has 1 N–H and O–H groups in total. The molecule has 0 atom stereocenters. The van der Waals surface area contributed by atoms with Crippen molar-refractivity contribution in [1.82, 2.24) is 15.0 Å². The van der Waals surface area contributed by atoms with Crippen LogP contribution in [-0.4, -0.2) is 26.1 Å². The summed E-state index contributed by atoms with van der Waals surface area (Å²) in [6.07, 6.45) is 5.90. The average molecular weight is 273 g/mol. The summed E-state index contributed by atoms with van der Waals surface area (Å²) >= 11 is 0. The van der Waals surface area contributed by atoms with Crippen LogP contribution < -0.4 is 0 Å². The number of benzene rings is 1. The molecule has 0 saturated heterocycles. The van der Waals surface area contributed by atoms with Gasteiger partial charge < -0.3 is 5.11 Å². The molecule has 5 heteroatoms. The molecule has 1 heterocycles. The quantitative estimate of drug-likeness (QED) is 0.931. The van der Waals surface area contributed by atoms with Crippen LogP contribution in [-0.2, 0) is 0 Å². The average Bonchev–Trinajstić information content (AvgIpc) is 2.91. The van der Waals surface area contributed by atoms with E-state index in [1.165, 1.54) is 19.3 Å². The Morgan fingerprint density at radius 3 is 2.75 bits per heavy atom. The summed E-state index contributed by atoms with van der Waals surface area (Å²) in [4.78, 5) is 11.2. The lowest BCUT2D eigenvalue weighted by Crippen LogP contribution is -2.18. The van der Waals surface area contributed by atoms with Crippen LogP contribution in [0, 0.1) is 5.92 Å². The summed E-state index contributed by atoms with van der Waals surface area (Å²) < 4.78 is 1.92. The van der Waals surface area contributed by atoms with Crippen molar-refractivity contribution in [2.45, 2.75) is 45.1 Å². The fourth-order valence-corrected chi connectivity index (χ4v) is 3.20. The summed E-state index contributed by atoms with van der Waals surface area (Å²) in [5, 5.41) is 17.5. The molecule has 2 aromatic rings. The van der Waals surface area contributed by atoms with E-state index in [9.17, 15) is 9.90 Å². The zero-order chi connectivity index (χ0) is 14.1. The number of hydrogen-bond acceptors (Lipinski definition) is 3. The summed E-state index contributed by atoms with van der Waals surface area (Å²) in [5.41, 5.74) is 1.57. The predicted octanol–water partition coefficient (Wildman–Crippen LogP) is 3.27. The highest BCUT2D eigenvalue weighted by Gasteiger charge is 2.24. The molecule has 1 fully saturated rings. The Labute approximate surface area is 117 Å². The third-order valence-corrected chi connectivity index (χ3v) is 4.47. The van der Waals surface area contributed by atoms with E-state index in [-0.39, 0.29) is 5.56 Å². The molecule has 0 radical (unpaired) electrons. The molecule has 20 heavy (non-hydrogen) atoms. The van der Waals surface area contributed by atoms with Crippen molar-refractivity contribution < 1.29 is 9.90 Å². The zero-order valence-electron chi connectivity index (χ0n) is 11.6. The van der Waals surface area contributed by atoms with E-state index in [4.69, 9.17) is 0 Å². The first-order valence-corrected chi connectivity index (χ1v) is 7.28. The van der Waals surface area contributed by atoms with Gasteiger partial charge in [-0.05, 0) is 43.7 Å². The van der Waals surface area contributed by atoms with Crippen LogP contribution in [0.25, 0.3) is 11.0 Å². The van der Waals surface area contributed by atoms with Gasteiger partial charge in [-0.15, -0.1) is 5.10 Å². The van der Waals surface area contributed by atoms with Gasteiger partial charge in [0.15, 0.2) is 0 Å². The van der Waals surface area contributed by atoms with Crippen molar-refractivity contribution in [3.8, 4) is 0 Å². The number of carbonyl (C=O) groups is 1. The fourth-order valence-electron chi connectivity index (χ4n) is 3.20. The van der Waals surface area contributed by atoms with Crippen molar-refractivity contribution in [2.24, 2.45) is 5.92 Å². The number of rotatable bonds is 3. The minimum absolute atomic E-state index is 0.232. The molecule has 1 aliphatic rings. The topological polar surface area (TPSA) is 68.0 Å². The van der Waals surface area contributed by atoms with Crippen LogP contribution in [0.3, 0.4) is 0 Å². The highest BCUT2D eigenvalue weighted by Crippen LogP contribution is 2.34. The largest absolute Gasteiger partial charge is 0.478 e. The molecule has 0 spiro atoms. The van der Waals surface area contributed by atoms with E-state index in [0.717, 1.165) is 24.3 Å². The molecule has 1 aromatic carbocycles. The van der Waals surface area contributed by atoms with Gasteiger partial charge >= 0.3 is 5.97 Å². The first kappa shape index (κ1) is 13.1. The lowest BCUT2D eigenvalue weighted by molar-refractivity contribution is 0.0699. The molecule has 1 saturated carbocycles. The minimum atomic E-state index is -0.947. The van der Waals surface area contributed by atoms with Crippen LogP contribution in [0.1, 0.15) is 55.4 Å². The molecule has 3 rings (SSSR count). The first-order valence-electron chi connectivity index (χ1n) is 7.28. The van der Waals surface area contributed by atoms with Gasteiger partial charge in [0.2, 0.25) is 0 Å². The van der Waals surface area contributed by atoms with Crippen LogP contribution in [0.4, 0.5) is 0 Å². The van der Waals surface area contributed by atoms with Crippen LogP contribution in [0.5, 0.6) is 0 Å². The lowest BCUT2D eigenvalue weighted by atomic mass is 9.84. The molecule has 1 aliphatic carbocycles. The third-order valence-electron chi connectivity index (χ3n) is 4.47. The number of fused-ring (bicyclic) bond motifs is 1. The number of carboxylic acid groups (broad SMARTS) is 1. The Morgan fingerprint density at radius 1 is 1.35 bits per heavy atom. The molecule has 0 aliphatic heterocycles. The smallest absolute Gasteiger partial charge is 0.338 e. The Kier molecular flexibility index (Phi) is 3.42. The highest BCUT2D eigenvalue weighted by atomic mass is 16.4. The number of carboxylic acids is 1. The molecule has 1 aromatic heterocycles. The van der Waals surface area contributed by atoms with E-state index < -0.39 is 5.97 Å². The van der Waals surface area contributed by atoms with Crippen LogP contribution in [0.15, 0.2) is 18.2 Å². The van der Waals surface area contributed by atoms with E-state index in [1.807, 2.05) is 10.7 Å². The Morgan fingerprint density at radius 2 is 2.10 bits per heavy atom. The summed E-state index contributed by atoms with van der Waals surface area (Å²) in [7, 11) is 0. The van der Waals surface area contributed by atoms with Crippen molar-refractivity contribution in [2.75, 3.05) is 0 Å². The molecule has 0 amide bonds. The summed E-state index contributed by atoms with van der Waals surface area (Å²) in [6, 6.07) is 5.61. The van der Waals surface area contributed by atoms with E-state index >= 15 is 0 Å². The van der Waals surface area contributed by atoms with Gasteiger partial charge in [0.1, 0.15) is 5.52 Å². The van der Waals surface area contributed by atoms with Gasteiger partial charge in [-0.3, -0.25) is 0 Å². The number of aromatic carboxylic acids is 1. The standard InChI is InChI=1S/C15H19N3O2/c1-2-10-6-8-11(9-7-10)18-13-5-3-4-12(15(19)20)14(13)16-17-18/h3-5,10-11H,2,6-9H2,1H3,(H,19,20). The van der Waals surface area contributed by atoms with Gasteiger partial charge in [0, 0.05) is 0 Å². The van der Waals surface area contributed by atoms with E-state index in [2.05, 4.69) is 17.2 Å². The zero-order valence-corrected chi connectivity index (χ0v) is 11.6. The molecular formula is C15H19N3O2. The SMILES string of the molecule is CCC1CCC(n2nnc3c(C(=O)O)cccc32)CC1. The normalized spacial score (nSPS) is 23.1.